The zero-order valence-electron chi connectivity index (χ0n) is 5.44. The van der Waals surface area contributed by atoms with Gasteiger partial charge in [0.15, 0.2) is 12.0 Å². The van der Waals surface area contributed by atoms with Crippen molar-refractivity contribution in [2.45, 2.75) is 19.3 Å². The molecule has 0 amide bonds. The number of aldehydes is 1. The minimum Gasteiger partial charge on any atom is -0.458 e. The molecule has 56 valence electrons. The molecule has 2 atom stereocenters. The van der Waals surface area contributed by atoms with Crippen molar-refractivity contribution < 1.29 is 19.7 Å². The fourth-order valence-electron chi connectivity index (χ4n) is 0.768. The number of hydrogen-bond donors (Lipinski definition) is 2. The van der Waals surface area contributed by atoms with Crippen LogP contribution in [0.3, 0.4) is 0 Å². The summed E-state index contributed by atoms with van der Waals surface area (Å²) in [5.41, 5.74) is 0.377. The molecule has 1 aliphatic heterocycles. The summed E-state index contributed by atoms with van der Waals surface area (Å²) in [6, 6.07) is 0. The van der Waals surface area contributed by atoms with Crippen LogP contribution in [0.25, 0.3) is 0 Å². The van der Waals surface area contributed by atoms with Crippen molar-refractivity contribution in [3.05, 3.63) is 11.3 Å². The molecule has 0 saturated carbocycles. The summed E-state index contributed by atoms with van der Waals surface area (Å²) in [4.78, 5) is 10.1. The summed E-state index contributed by atoms with van der Waals surface area (Å²) >= 11 is 0. The van der Waals surface area contributed by atoms with Crippen LogP contribution in [0.1, 0.15) is 6.92 Å². The molecule has 1 rings (SSSR count). The van der Waals surface area contributed by atoms with E-state index in [9.17, 15) is 4.79 Å². The topological polar surface area (TPSA) is 66.8 Å². The Hall–Kier alpha value is -0.870. The lowest BCUT2D eigenvalue weighted by molar-refractivity contribution is -0.121. The summed E-state index contributed by atoms with van der Waals surface area (Å²) in [6.07, 6.45) is -1.87. The first-order chi connectivity index (χ1) is 4.66. The highest BCUT2D eigenvalue weighted by molar-refractivity contribution is 5.72. The number of aliphatic hydroxyl groups is 2. The predicted octanol–water partition coefficient (Wildman–Crippen LogP) is -0.831. The Kier molecular flexibility index (Phi) is 1.74. The van der Waals surface area contributed by atoms with Gasteiger partial charge in [-0.25, -0.2) is 0 Å². The average molecular weight is 144 g/mol. The fraction of sp³-hybridized carbons (Fsp3) is 0.500. The highest BCUT2D eigenvalue weighted by atomic mass is 16.6. The maximum Gasteiger partial charge on any atom is 0.227 e. The maximum absolute atomic E-state index is 10.1. The first-order valence-corrected chi connectivity index (χ1v) is 2.85. The highest BCUT2D eigenvalue weighted by Crippen LogP contribution is 2.21. The first-order valence-electron chi connectivity index (χ1n) is 2.85. The summed E-state index contributed by atoms with van der Waals surface area (Å²) in [7, 11) is 0. The SMILES string of the molecule is CC1=C(C=O)OC(O)C1O. The van der Waals surface area contributed by atoms with E-state index in [2.05, 4.69) is 4.74 Å². The maximum atomic E-state index is 10.1. The molecular weight excluding hydrogens is 136 g/mol. The molecule has 4 nitrogen and oxygen atoms in total. The van der Waals surface area contributed by atoms with Gasteiger partial charge in [0.1, 0.15) is 6.10 Å². The Balaban J connectivity index is 2.83. The van der Waals surface area contributed by atoms with E-state index in [1.165, 1.54) is 6.92 Å². The van der Waals surface area contributed by atoms with Gasteiger partial charge in [0.2, 0.25) is 6.29 Å². The Morgan fingerprint density at radius 1 is 1.60 bits per heavy atom. The normalized spacial score (nSPS) is 32.3. The zero-order valence-corrected chi connectivity index (χ0v) is 5.44. The van der Waals surface area contributed by atoms with Crippen LogP contribution in [0, 0.1) is 0 Å². The van der Waals surface area contributed by atoms with Gasteiger partial charge in [-0.05, 0) is 6.92 Å². The van der Waals surface area contributed by atoms with Crippen LogP contribution in [0.2, 0.25) is 0 Å². The second-order valence-corrected chi connectivity index (χ2v) is 2.12. The highest BCUT2D eigenvalue weighted by Gasteiger charge is 2.30. The molecule has 10 heavy (non-hydrogen) atoms. The van der Waals surface area contributed by atoms with E-state index < -0.39 is 12.4 Å². The van der Waals surface area contributed by atoms with Crippen LogP contribution >= 0.6 is 0 Å². The third-order valence-corrected chi connectivity index (χ3v) is 1.46. The minimum absolute atomic E-state index is 0.0278. The van der Waals surface area contributed by atoms with Crippen molar-refractivity contribution in [3.63, 3.8) is 0 Å². The monoisotopic (exact) mass is 144 g/mol. The van der Waals surface area contributed by atoms with E-state index in [1.807, 2.05) is 0 Å². The molecule has 0 aliphatic carbocycles. The molecule has 0 fully saturated rings. The second-order valence-electron chi connectivity index (χ2n) is 2.12. The molecule has 2 N–H and O–H groups in total. The van der Waals surface area contributed by atoms with Crippen LogP contribution < -0.4 is 0 Å². The third kappa shape index (κ3) is 0.913. The number of hydrogen-bond acceptors (Lipinski definition) is 4. The van der Waals surface area contributed by atoms with Gasteiger partial charge in [0.25, 0.3) is 0 Å². The van der Waals surface area contributed by atoms with Crippen molar-refractivity contribution in [2.24, 2.45) is 0 Å². The zero-order chi connectivity index (χ0) is 7.72. The van der Waals surface area contributed by atoms with Crippen LogP contribution in [0.5, 0.6) is 0 Å². The van der Waals surface area contributed by atoms with Crippen molar-refractivity contribution in [3.8, 4) is 0 Å². The number of carbonyl (C=O) groups excluding carboxylic acids is 1. The van der Waals surface area contributed by atoms with Crippen molar-refractivity contribution >= 4 is 6.29 Å². The molecule has 0 aromatic carbocycles. The van der Waals surface area contributed by atoms with Crippen molar-refractivity contribution in [1.29, 1.82) is 0 Å². The van der Waals surface area contributed by atoms with Gasteiger partial charge in [-0.2, -0.15) is 0 Å². The minimum atomic E-state index is -1.28. The molecule has 0 saturated heterocycles. The molecule has 0 aromatic heterocycles. The largest absolute Gasteiger partial charge is 0.458 e. The molecule has 1 heterocycles. The Morgan fingerprint density at radius 3 is 2.40 bits per heavy atom. The number of allylic oxidation sites excluding steroid dienone is 1. The van der Waals surface area contributed by atoms with E-state index >= 15 is 0 Å². The molecule has 0 aromatic rings. The molecule has 0 radical (unpaired) electrons. The van der Waals surface area contributed by atoms with Crippen LogP contribution in [0.4, 0.5) is 0 Å². The summed E-state index contributed by atoms with van der Waals surface area (Å²) in [5, 5.41) is 17.8. The van der Waals surface area contributed by atoms with Gasteiger partial charge in [0.05, 0.1) is 0 Å². The Bertz CT molecular complexity index is 184. The smallest absolute Gasteiger partial charge is 0.227 e. The third-order valence-electron chi connectivity index (χ3n) is 1.46. The van der Waals surface area contributed by atoms with Gasteiger partial charge in [-0.1, -0.05) is 0 Å². The first kappa shape index (κ1) is 7.24. The van der Waals surface area contributed by atoms with Crippen molar-refractivity contribution in [1.82, 2.24) is 0 Å². The van der Waals surface area contributed by atoms with Crippen LogP contribution in [-0.2, 0) is 9.53 Å². The molecule has 4 heteroatoms. The summed E-state index contributed by atoms with van der Waals surface area (Å²) in [5.74, 6) is 0.0278. The van der Waals surface area contributed by atoms with Crippen molar-refractivity contribution in [2.75, 3.05) is 0 Å². The van der Waals surface area contributed by atoms with Crippen LogP contribution in [0.15, 0.2) is 11.3 Å². The van der Waals surface area contributed by atoms with E-state index in [4.69, 9.17) is 10.2 Å². The molecular formula is C6H8O4. The molecule has 2 unspecified atom stereocenters. The van der Waals surface area contributed by atoms with E-state index in [0.717, 1.165) is 0 Å². The van der Waals surface area contributed by atoms with Gasteiger partial charge < -0.3 is 14.9 Å². The molecule has 1 aliphatic rings. The number of aliphatic hydroxyl groups excluding tert-OH is 2. The fourth-order valence-corrected chi connectivity index (χ4v) is 0.768. The molecule has 0 spiro atoms. The lowest BCUT2D eigenvalue weighted by Crippen LogP contribution is -2.22. The predicted molar refractivity (Wildman–Crippen MR) is 31.9 cm³/mol. The average Bonchev–Trinajstić information content (AvgIpc) is 2.17. The molecule has 0 bridgehead atoms. The lowest BCUT2D eigenvalue weighted by atomic mass is 10.2. The quantitative estimate of drug-likeness (QED) is 0.471. The van der Waals surface area contributed by atoms with Crippen LogP contribution in [-0.4, -0.2) is 28.9 Å². The van der Waals surface area contributed by atoms with E-state index in [-0.39, 0.29) is 5.76 Å². The Morgan fingerprint density at radius 2 is 2.20 bits per heavy atom. The van der Waals surface area contributed by atoms with E-state index in [1.54, 1.807) is 0 Å². The van der Waals surface area contributed by atoms with Gasteiger partial charge in [-0.15, -0.1) is 0 Å². The summed E-state index contributed by atoms with van der Waals surface area (Å²) < 4.78 is 4.55. The number of carbonyl (C=O) groups is 1. The standard InChI is InChI=1S/C6H8O4/c1-3-4(2-7)10-6(9)5(3)8/h2,5-6,8-9H,1H3. The number of rotatable bonds is 1. The van der Waals surface area contributed by atoms with Gasteiger partial charge in [-0.3, -0.25) is 4.79 Å². The number of ether oxygens (including phenoxy) is 1. The lowest BCUT2D eigenvalue weighted by Gasteiger charge is -2.06. The summed E-state index contributed by atoms with van der Waals surface area (Å²) in [6.45, 7) is 1.53. The second kappa shape index (κ2) is 2.40. The van der Waals surface area contributed by atoms with E-state index in [0.29, 0.717) is 11.9 Å². The Labute approximate surface area is 57.7 Å². The van der Waals surface area contributed by atoms with Gasteiger partial charge >= 0.3 is 0 Å². The van der Waals surface area contributed by atoms with Gasteiger partial charge in [0, 0.05) is 5.57 Å².